The third kappa shape index (κ3) is 8.77. The topological polar surface area (TPSA) is 66.4 Å². The van der Waals surface area contributed by atoms with Crippen molar-refractivity contribution in [3.63, 3.8) is 0 Å². The van der Waals surface area contributed by atoms with Crippen LogP contribution in [0, 0.1) is 0 Å². The van der Waals surface area contributed by atoms with E-state index in [1.54, 1.807) is 13.0 Å². The summed E-state index contributed by atoms with van der Waals surface area (Å²) in [5, 5.41) is 11.0. The number of carbonyl (C=O) groups excluding carboxylic acids is 1. The van der Waals surface area contributed by atoms with Crippen LogP contribution in [0.4, 0.5) is 0 Å². The van der Waals surface area contributed by atoms with E-state index in [4.69, 9.17) is 5.11 Å². The lowest BCUT2D eigenvalue weighted by atomic mass is 10.2. The van der Waals surface area contributed by atoms with Gasteiger partial charge in [-0.25, -0.2) is 0 Å². The van der Waals surface area contributed by atoms with E-state index in [2.05, 4.69) is 5.32 Å². The molecule has 0 aromatic carbocycles. The van der Waals surface area contributed by atoms with Crippen LogP contribution in [0.25, 0.3) is 0 Å². The number of carboxylic acid groups (broad SMARTS) is 1. The number of carbonyl (C=O) groups is 2. The minimum absolute atomic E-state index is 0.0919. The molecule has 1 amide bonds. The maximum Gasteiger partial charge on any atom is 0.303 e. The molecule has 0 saturated heterocycles. The quantitative estimate of drug-likeness (QED) is 0.480. The Hall–Kier alpha value is -1.32. The molecule has 0 aliphatic rings. The highest BCUT2D eigenvalue weighted by Crippen LogP contribution is 1.98. The van der Waals surface area contributed by atoms with E-state index < -0.39 is 5.97 Å². The van der Waals surface area contributed by atoms with Gasteiger partial charge < -0.3 is 10.4 Å². The summed E-state index contributed by atoms with van der Waals surface area (Å²) >= 11 is 0. The first-order valence-corrected chi connectivity index (χ1v) is 4.79. The van der Waals surface area contributed by atoms with E-state index in [-0.39, 0.29) is 12.3 Å². The molecule has 0 atom stereocenters. The second kappa shape index (κ2) is 8.29. The van der Waals surface area contributed by atoms with Gasteiger partial charge in [-0.1, -0.05) is 12.5 Å². The van der Waals surface area contributed by atoms with Crippen molar-refractivity contribution in [2.45, 2.75) is 32.6 Å². The molecule has 0 fully saturated rings. The summed E-state index contributed by atoms with van der Waals surface area (Å²) in [4.78, 5) is 21.0. The number of aliphatic carboxylic acids is 1. The van der Waals surface area contributed by atoms with Gasteiger partial charge in [-0.3, -0.25) is 9.59 Å². The zero-order valence-electron chi connectivity index (χ0n) is 8.45. The van der Waals surface area contributed by atoms with Crippen molar-refractivity contribution in [2.24, 2.45) is 0 Å². The molecule has 14 heavy (non-hydrogen) atoms. The zero-order valence-corrected chi connectivity index (χ0v) is 8.45. The van der Waals surface area contributed by atoms with Crippen molar-refractivity contribution in [1.82, 2.24) is 5.32 Å². The van der Waals surface area contributed by atoms with E-state index in [0.717, 1.165) is 12.8 Å². The number of amides is 1. The van der Waals surface area contributed by atoms with Gasteiger partial charge in [-0.2, -0.15) is 0 Å². The largest absolute Gasteiger partial charge is 0.481 e. The molecule has 80 valence electrons. The SMILES string of the molecule is CC=CC(=O)NCCCCCC(=O)O. The van der Waals surface area contributed by atoms with Crippen molar-refractivity contribution >= 4 is 11.9 Å². The Morgan fingerprint density at radius 1 is 1.29 bits per heavy atom. The summed E-state index contributed by atoms with van der Waals surface area (Å²) in [6, 6.07) is 0. The van der Waals surface area contributed by atoms with Gasteiger partial charge in [0.2, 0.25) is 5.91 Å². The highest BCUT2D eigenvalue weighted by Gasteiger charge is 1.97. The molecule has 0 radical (unpaired) electrons. The normalized spacial score (nSPS) is 10.4. The van der Waals surface area contributed by atoms with Crippen LogP contribution < -0.4 is 5.32 Å². The molecule has 0 spiro atoms. The number of nitrogens with one attached hydrogen (secondary N) is 1. The molecular formula is C10H17NO3. The van der Waals surface area contributed by atoms with E-state index in [0.29, 0.717) is 13.0 Å². The summed E-state index contributed by atoms with van der Waals surface area (Å²) in [7, 11) is 0. The Morgan fingerprint density at radius 3 is 2.57 bits per heavy atom. The van der Waals surface area contributed by atoms with Crippen molar-refractivity contribution in [1.29, 1.82) is 0 Å². The van der Waals surface area contributed by atoms with Crippen LogP contribution in [0.3, 0.4) is 0 Å². The number of hydrogen-bond acceptors (Lipinski definition) is 2. The van der Waals surface area contributed by atoms with E-state index in [1.165, 1.54) is 6.08 Å². The molecule has 2 N–H and O–H groups in total. The molecule has 0 bridgehead atoms. The van der Waals surface area contributed by atoms with Gasteiger partial charge in [0.25, 0.3) is 0 Å². The average Bonchev–Trinajstić information content (AvgIpc) is 2.11. The van der Waals surface area contributed by atoms with Crippen LogP contribution in [-0.4, -0.2) is 23.5 Å². The Balaban J connectivity index is 3.21. The van der Waals surface area contributed by atoms with Crippen LogP contribution in [0.15, 0.2) is 12.2 Å². The number of rotatable bonds is 7. The maximum absolute atomic E-state index is 10.9. The Morgan fingerprint density at radius 2 is 2.00 bits per heavy atom. The van der Waals surface area contributed by atoms with Crippen LogP contribution in [0.1, 0.15) is 32.6 Å². The summed E-state index contributed by atoms with van der Waals surface area (Å²) < 4.78 is 0. The highest BCUT2D eigenvalue weighted by molar-refractivity contribution is 5.87. The molecule has 0 heterocycles. The van der Waals surface area contributed by atoms with Crippen LogP contribution in [0.2, 0.25) is 0 Å². The first-order valence-electron chi connectivity index (χ1n) is 4.79. The van der Waals surface area contributed by atoms with Crippen molar-refractivity contribution < 1.29 is 14.7 Å². The van der Waals surface area contributed by atoms with E-state index >= 15 is 0 Å². The average molecular weight is 199 g/mol. The Labute approximate surface area is 84.0 Å². The number of hydrogen-bond donors (Lipinski definition) is 2. The second-order valence-corrected chi connectivity index (χ2v) is 3.00. The minimum Gasteiger partial charge on any atom is -0.481 e. The van der Waals surface area contributed by atoms with Gasteiger partial charge in [-0.15, -0.1) is 0 Å². The van der Waals surface area contributed by atoms with Crippen LogP contribution >= 0.6 is 0 Å². The maximum atomic E-state index is 10.9. The van der Waals surface area contributed by atoms with E-state index in [1.807, 2.05) is 0 Å². The van der Waals surface area contributed by atoms with Gasteiger partial charge in [0.1, 0.15) is 0 Å². The fraction of sp³-hybridized carbons (Fsp3) is 0.600. The summed E-state index contributed by atoms with van der Waals surface area (Å²) in [6.45, 7) is 2.40. The monoisotopic (exact) mass is 199 g/mol. The predicted octanol–water partition coefficient (Wildman–Crippen LogP) is 1.32. The molecule has 0 rings (SSSR count). The third-order valence-electron chi connectivity index (χ3n) is 1.68. The lowest BCUT2D eigenvalue weighted by Gasteiger charge is -2.00. The van der Waals surface area contributed by atoms with Crippen molar-refractivity contribution in [2.75, 3.05) is 6.54 Å². The molecule has 0 aromatic rings. The third-order valence-corrected chi connectivity index (χ3v) is 1.68. The molecular weight excluding hydrogens is 182 g/mol. The van der Waals surface area contributed by atoms with Gasteiger partial charge >= 0.3 is 5.97 Å². The minimum atomic E-state index is -0.761. The van der Waals surface area contributed by atoms with E-state index in [9.17, 15) is 9.59 Å². The lowest BCUT2D eigenvalue weighted by Crippen LogP contribution is -2.21. The first kappa shape index (κ1) is 12.7. The van der Waals surface area contributed by atoms with Gasteiger partial charge in [0.05, 0.1) is 0 Å². The van der Waals surface area contributed by atoms with Crippen molar-refractivity contribution in [3.8, 4) is 0 Å². The zero-order chi connectivity index (χ0) is 10.8. The molecule has 0 aliphatic heterocycles. The molecule has 0 aromatic heterocycles. The summed E-state index contributed by atoms with van der Waals surface area (Å²) in [5.74, 6) is -0.853. The first-order chi connectivity index (χ1) is 6.66. The highest BCUT2D eigenvalue weighted by atomic mass is 16.4. The standard InChI is InChI=1S/C10H17NO3/c1-2-6-9(12)11-8-5-3-4-7-10(13)14/h2,6H,3-5,7-8H2,1H3,(H,11,12)(H,13,14). The summed E-state index contributed by atoms with van der Waals surface area (Å²) in [6.07, 6.45) is 5.70. The molecule has 0 aliphatic carbocycles. The van der Waals surface area contributed by atoms with Crippen molar-refractivity contribution in [3.05, 3.63) is 12.2 Å². The number of allylic oxidation sites excluding steroid dienone is 1. The van der Waals surface area contributed by atoms with Gasteiger partial charge in [0.15, 0.2) is 0 Å². The second-order valence-electron chi connectivity index (χ2n) is 3.00. The predicted molar refractivity (Wildman–Crippen MR) is 53.9 cm³/mol. The number of carboxylic acids is 1. The lowest BCUT2D eigenvalue weighted by molar-refractivity contribution is -0.137. The fourth-order valence-corrected chi connectivity index (χ4v) is 1.000. The molecule has 0 saturated carbocycles. The molecule has 4 nitrogen and oxygen atoms in total. The molecule has 0 unspecified atom stereocenters. The molecule has 4 heteroatoms. The van der Waals surface area contributed by atoms with Gasteiger partial charge in [0, 0.05) is 13.0 Å². The van der Waals surface area contributed by atoms with Gasteiger partial charge in [-0.05, 0) is 25.8 Å². The van der Waals surface area contributed by atoms with Crippen LogP contribution in [0.5, 0.6) is 0 Å². The smallest absolute Gasteiger partial charge is 0.303 e. The Bertz CT molecular complexity index is 211. The number of unbranched alkanes of at least 4 members (excludes halogenated alkanes) is 2. The fourth-order valence-electron chi connectivity index (χ4n) is 1.000. The Kier molecular flexibility index (Phi) is 7.50. The van der Waals surface area contributed by atoms with Crippen LogP contribution in [-0.2, 0) is 9.59 Å². The summed E-state index contributed by atoms with van der Waals surface area (Å²) in [5.41, 5.74) is 0.